The molecular weight excluding hydrogens is 152 g/mol. The predicted molar refractivity (Wildman–Crippen MR) is 37.6 cm³/mol. The summed E-state index contributed by atoms with van der Waals surface area (Å²) < 4.78 is 7.67. The van der Waals surface area contributed by atoms with Crippen LogP contribution >= 0.6 is 11.5 Å². The van der Waals surface area contributed by atoms with E-state index >= 15 is 0 Å². The quantitative estimate of drug-likeness (QED) is 0.598. The minimum absolute atomic E-state index is 0.431. The number of aromatic nitrogens is 2. The summed E-state index contributed by atoms with van der Waals surface area (Å²) in [5.74, 6) is 0. The molecule has 1 heterocycles. The van der Waals surface area contributed by atoms with Gasteiger partial charge in [-0.2, -0.15) is 0 Å². The summed E-state index contributed by atoms with van der Waals surface area (Å²) >= 11 is 1.35. The van der Waals surface area contributed by atoms with Crippen molar-refractivity contribution in [3.8, 4) is 0 Å². The highest BCUT2D eigenvalue weighted by Gasteiger charge is 1.61. The van der Waals surface area contributed by atoms with Gasteiger partial charge in [0.05, 0.1) is 12.8 Å². The lowest BCUT2D eigenvalue weighted by molar-refractivity contribution is -0.128. The second kappa shape index (κ2) is 8.03. The van der Waals surface area contributed by atoms with Crippen LogP contribution in [0.15, 0.2) is 11.6 Å². The van der Waals surface area contributed by atoms with Crippen LogP contribution in [0.2, 0.25) is 0 Å². The summed E-state index contributed by atoms with van der Waals surface area (Å²) in [5, 5.41) is 5.31. The Kier molecular flexibility index (Phi) is 7.25. The molecule has 0 N–H and O–H groups in total. The molecule has 0 aliphatic carbocycles. The largest absolute Gasteiger partial charge is 0.468 e. The van der Waals surface area contributed by atoms with Crippen molar-refractivity contribution in [2.75, 3.05) is 6.61 Å². The molecule has 56 valence electrons. The molecule has 0 amide bonds. The Balaban J connectivity index is 0.000000162. The minimum Gasteiger partial charge on any atom is -0.468 e. The van der Waals surface area contributed by atoms with Gasteiger partial charge in [-0.25, -0.2) is 0 Å². The van der Waals surface area contributed by atoms with E-state index in [0.29, 0.717) is 13.1 Å². The molecule has 1 aromatic rings. The zero-order chi connectivity index (χ0) is 7.66. The van der Waals surface area contributed by atoms with E-state index in [0.717, 1.165) is 0 Å². The van der Waals surface area contributed by atoms with Gasteiger partial charge >= 0.3 is 0 Å². The number of hydrogen-bond donors (Lipinski definition) is 0. The van der Waals surface area contributed by atoms with Gasteiger partial charge in [0.2, 0.25) is 0 Å². The first kappa shape index (κ1) is 9.03. The molecule has 0 bridgehead atoms. The molecule has 10 heavy (non-hydrogen) atoms. The third kappa shape index (κ3) is 7.03. The Bertz CT molecular complexity index is 126. The number of carbonyl (C=O) groups excluding carboxylic acids is 1. The first-order valence-corrected chi connectivity index (χ1v) is 3.51. The Morgan fingerprint density at radius 1 is 1.80 bits per heavy atom. The van der Waals surface area contributed by atoms with Crippen molar-refractivity contribution < 1.29 is 9.53 Å². The topological polar surface area (TPSA) is 52.1 Å². The number of rotatable bonds is 2. The van der Waals surface area contributed by atoms with Crippen LogP contribution in [0.4, 0.5) is 0 Å². The van der Waals surface area contributed by atoms with Gasteiger partial charge in [-0.15, -0.1) is 5.10 Å². The van der Waals surface area contributed by atoms with Gasteiger partial charge in [0.25, 0.3) is 6.47 Å². The predicted octanol–water partition coefficient (Wildman–Crippen LogP) is 0.717. The van der Waals surface area contributed by atoms with Gasteiger partial charge < -0.3 is 4.74 Å². The van der Waals surface area contributed by atoms with Crippen LogP contribution in [-0.2, 0) is 9.53 Å². The average Bonchev–Trinajstić information content (AvgIpc) is 2.44. The second-order valence-electron chi connectivity index (χ2n) is 1.14. The second-order valence-corrected chi connectivity index (χ2v) is 1.79. The molecule has 1 aromatic heterocycles. The highest BCUT2D eigenvalue weighted by Crippen LogP contribution is 1.78. The van der Waals surface area contributed by atoms with E-state index in [4.69, 9.17) is 0 Å². The van der Waals surface area contributed by atoms with Crippen LogP contribution in [0.3, 0.4) is 0 Å². The maximum absolute atomic E-state index is 9.18. The Hall–Kier alpha value is -0.970. The lowest BCUT2D eigenvalue weighted by Crippen LogP contribution is -1.80. The summed E-state index contributed by atoms with van der Waals surface area (Å²) in [6, 6.07) is 0. The maximum atomic E-state index is 9.18. The van der Waals surface area contributed by atoms with Gasteiger partial charge in [0.1, 0.15) is 0 Å². The zero-order valence-corrected chi connectivity index (χ0v) is 6.37. The number of hydrogen-bond acceptors (Lipinski definition) is 5. The van der Waals surface area contributed by atoms with E-state index in [2.05, 4.69) is 14.3 Å². The fourth-order valence-electron chi connectivity index (χ4n) is 0.204. The molecule has 0 radical (unpaired) electrons. The van der Waals surface area contributed by atoms with E-state index < -0.39 is 0 Å². The molecule has 0 saturated heterocycles. The highest BCUT2D eigenvalue weighted by molar-refractivity contribution is 7.03. The molecule has 0 unspecified atom stereocenters. The minimum atomic E-state index is 0.431. The van der Waals surface area contributed by atoms with Crippen LogP contribution in [-0.4, -0.2) is 22.7 Å². The van der Waals surface area contributed by atoms with Crippen LogP contribution in [0.1, 0.15) is 6.92 Å². The van der Waals surface area contributed by atoms with Gasteiger partial charge in [0.15, 0.2) is 0 Å². The van der Waals surface area contributed by atoms with Crippen molar-refractivity contribution in [1.29, 1.82) is 0 Å². The average molecular weight is 160 g/mol. The van der Waals surface area contributed by atoms with Crippen molar-refractivity contribution in [2.24, 2.45) is 0 Å². The molecule has 0 aliphatic heterocycles. The van der Waals surface area contributed by atoms with Crippen molar-refractivity contribution in [1.82, 2.24) is 9.59 Å². The monoisotopic (exact) mass is 160 g/mol. The van der Waals surface area contributed by atoms with Crippen LogP contribution in [0, 0.1) is 0 Å². The molecule has 1 rings (SSSR count). The summed E-state index contributed by atoms with van der Waals surface area (Å²) in [7, 11) is 0. The van der Waals surface area contributed by atoms with E-state index in [9.17, 15) is 4.79 Å². The molecule has 0 spiro atoms. The van der Waals surface area contributed by atoms with E-state index in [1.54, 1.807) is 13.1 Å². The first-order chi connectivity index (χ1) is 4.91. The Morgan fingerprint density at radius 2 is 2.60 bits per heavy atom. The summed E-state index contributed by atoms with van der Waals surface area (Å²) in [6.45, 7) is 2.66. The molecule has 0 fully saturated rings. The molecule has 0 aliphatic rings. The van der Waals surface area contributed by atoms with Crippen molar-refractivity contribution in [2.45, 2.75) is 6.92 Å². The summed E-state index contributed by atoms with van der Waals surface area (Å²) in [6.07, 6.45) is 1.66. The van der Waals surface area contributed by atoms with Gasteiger partial charge in [0, 0.05) is 5.38 Å². The van der Waals surface area contributed by atoms with Crippen molar-refractivity contribution >= 4 is 18.0 Å². The maximum Gasteiger partial charge on any atom is 0.293 e. The lowest BCUT2D eigenvalue weighted by atomic mass is 10.9. The Morgan fingerprint density at radius 3 is 2.70 bits per heavy atom. The normalized spacial score (nSPS) is 7.30. The molecule has 4 nitrogen and oxygen atoms in total. The standard InChI is InChI=1S/C3H6O2.C2H2N2S/c1-2-5-3-4;1-2-5-4-3-1/h3H,2H2,1H3;1-2H. The van der Waals surface area contributed by atoms with Crippen LogP contribution < -0.4 is 0 Å². The molecule has 0 aromatic carbocycles. The molecule has 0 saturated carbocycles. The van der Waals surface area contributed by atoms with Crippen molar-refractivity contribution in [3.63, 3.8) is 0 Å². The third-order valence-corrected chi connectivity index (χ3v) is 0.949. The van der Waals surface area contributed by atoms with Gasteiger partial charge in [-0.3, -0.25) is 4.79 Å². The summed E-state index contributed by atoms with van der Waals surface area (Å²) in [4.78, 5) is 9.18. The third-order valence-electron chi connectivity index (χ3n) is 0.517. The number of carbonyl (C=O) groups is 1. The highest BCUT2D eigenvalue weighted by atomic mass is 32.1. The zero-order valence-electron chi connectivity index (χ0n) is 5.56. The van der Waals surface area contributed by atoms with Gasteiger partial charge in [-0.1, -0.05) is 4.49 Å². The molecular formula is C5H8N2O2S. The summed E-state index contributed by atoms with van der Waals surface area (Å²) in [5.41, 5.74) is 0. The fourth-order valence-corrected chi connectivity index (χ4v) is 0.476. The van der Waals surface area contributed by atoms with E-state index in [1.807, 2.05) is 5.38 Å². The van der Waals surface area contributed by atoms with Crippen LogP contribution in [0.25, 0.3) is 0 Å². The smallest absolute Gasteiger partial charge is 0.293 e. The number of nitrogens with zero attached hydrogens (tertiary/aromatic N) is 2. The number of ether oxygens (including phenoxy) is 1. The fraction of sp³-hybridized carbons (Fsp3) is 0.400. The Labute approximate surface area is 63.0 Å². The molecule has 0 atom stereocenters. The SMILES string of the molecule is CCOC=O.c1csnn1. The van der Waals surface area contributed by atoms with Crippen molar-refractivity contribution in [3.05, 3.63) is 11.6 Å². The lowest BCUT2D eigenvalue weighted by Gasteiger charge is -1.79. The van der Waals surface area contributed by atoms with E-state index in [-0.39, 0.29) is 0 Å². The van der Waals surface area contributed by atoms with E-state index in [1.165, 1.54) is 11.5 Å². The van der Waals surface area contributed by atoms with Crippen LogP contribution in [0.5, 0.6) is 0 Å². The first-order valence-electron chi connectivity index (χ1n) is 2.68. The molecule has 5 heteroatoms. The van der Waals surface area contributed by atoms with Gasteiger partial charge in [-0.05, 0) is 18.5 Å².